The summed E-state index contributed by atoms with van der Waals surface area (Å²) >= 11 is 6.04. The molecule has 0 aliphatic carbocycles. The van der Waals surface area contributed by atoms with E-state index in [2.05, 4.69) is 30.0 Å². The van der Waals surface area contributed by atoms with Crippen LogP contribution in [0, 0.1) is 0 Å². The predicted octanol–water partition coefficient (Wildman–Crippen LogP) is 4.49. The molecule has 1 aromatic heterocycles. The summed E-state index contributed by atoms with van der Waals surface area (Å²) < 4.78 is 5.55. The van der Waals surface area contributed by atoms with Gasteiger partial charge in [-0.3, -0.25) is 4.90 Å². The smallest absolute Gasteiger partial charge is 0.154 e. The third kappa shape index (κ3) is 3.13. The number of benzene rings is 1. The minimum Gasteiger partial charge on any atom is -0.508 e. The summed E-state index contributed by atoms with van der Waals surface area (Å²) in [5.74, 6) is 1.57. The summed E-state index contributed by atoms with van der Waals surface area (Å²) in [7, 11) is 0. The lowest BCUT2D eigenvalue weighted by Gasteiger charge is -2.22. The summed E-state index contributed by atoms with van der Waals surface area (Å²) in [6, 6.07) is 7.46. The maximum atomic E-state index is 10.0. The topological polar surface area (TPSA) is 49.5 Å². The molecule has 1 saturated heterocycles. The van der Waals surface area contributed by atoms with Crippen molar-refractivity contribution in [3.63, 3.8) is 0 Å². The van der Waals surface area contributed by atoms with Crippen molar-refractivity contribution in [2.24, 2.45) is 0 Å². The SMILES string of the molecule is CC(C)c1cc([C@H]2CCCN2Cc2cc(Cl)ccc2O)on1. The second-order valence-corrected chi connectivity index (χ2v) is 6.65. The Morgan fingerprint density at radius 3 is 2.95 bits per heavy atom. The van der Waals surface area contributed by atoms with Crippen molar-refractivity contribution in [3.05, 3.63) is 46.3 Å². The summed E-state index contributed by atoms with van der Waals surface area (Å²) in [5, 5.41) is 14.8. The van der Waals surface area contributed by atoms with Crippen LogP contribution in [0.1, 0.15) is 55.7 Å². The van der Waals surface area contributed by atoms with E-state index >= 15 is 0 Å². The molecule has 3 rings (SSSR count). The van der Waals surface area contributed by atoms with Crippen LogP contribution in [0.15, 0.2) is 28.8 Å². The van der Waals surface area contributed by atoms with Crippen molar-refractivity contribution in [2.45, 2.75) is 45.2 Å². The molecule has 0 radical (unpaired) electrons. The zero-order valence-electron chi connectivity index (χ0n) is 12.9. The molecular formula is C17H21ClN2O2. The van der Waals surface area contributed by atoms with Gasteiger partial charge >= 0.3 is 0 Å². The molecule has 1 N–H and O–H groups in total. The van der Waals surface area contributed by atoms with Gasteiger partial charge in [-0.15, -0.1) is 0 Å². The monoisotopic (exact) mass is 320 g/mol. The van der Waals surface area contributed by atoms with Crippen LogP contribution in [0.25, 0.3) is 0 Å². The first kappa shape index (κ1) is 15.4. The molecule has 1 aromatic carbocycles. The summed E-state index contributed by atoms with van der Waals surface area (Å²) in [6.07, 6.45) is 2.16. The van der Waals surface area contributed by atoms with Gasteiger partial charge in [-0.1, -0.05) is 30.6 Å². The third-order valence-corrected chi connectivity index (χ3v) is 4.48. The van der Waals surface area contributed by atoms with Crippen LogP contribution in [0.3, 0.4) is 0 Å². The molecule has 0 saturated carbocycles. The average molecular weight is 321 g/mol. The van der Waals surface area contributed by atoms with Crippen LogP contribution in [0.5, 0.6) is 5.75 Å². The molecule has 0 bridgehead atoms. The highest BCUT2D eigenvalue weighted by Gasteiger charge is 2.30. The predicted molar refractivity (Wildman–Crippen MR) is 86.1 cm³/mol. The quantitative estimate of drug-likeness (QED) is 0.901. The van der Waals surface area contributed by atoms with E-state index in [4.69, 9.17) is 16.1 Å². The Bertz CT molecular complexity index is 654. The summed E-state index contributed by atoms with van der Waals surface area (Å²) in [4.78, 5) is 2.32. The van der Waals surface area contributed by atoms with Crippen LogP contribution in [-0.4, -0.2) is 21.7 Å². The molecule has 5 heteroatoms. The Morgan fingerprint density at radius 2 is 2.23 bits per heavy atom. The molecule has 1 atom stereocenters. The van der Waals surface area contributed by atoms with Gasteiger partial charge in [0.2, 0.25) is 0 Å². The zero-order chi connectivity index (χ0) is 15.7. The first-order chi connectivity index (χ1) is 10.5. The molecule has 0 unspecified atom stereocenters. The lowest BCUT2D eigenvalue weighted by Crippen LogP contribution is -2.22. The highest BCUT2D eigenvalue weighted by Crippen LogP contribution is 2.35. The van der Waals surface area contributed by atoms with E-state index in [1.165, 1.54) is 0 Å². The number of aromatic hydroxyl groups is 1. The number of aromatic nitrogens is 1. The Kier molecular flexibility index (Phi) is 4.41. The van der Waals surface area contributed by atoms with Crippen molar-refractivity contribution >= 4 is 11.6 Å². The van der Waals surface area contributed by atoms with Gasteiger partial charge in [0.15, 0.2) is 5.76 Å². The van der Waals surface area contributed by atoms with Crippen LogP contribution in [-0.2, 0) is 6.54 Å². The van der Waals surface area contributed by atoms with Gasteiger partial charge < -0.3 is 9.63 Å². The maximum absolute atomic E-state index is 10.0. The van der Waals surface area contributed by atoms with Crippen molar-refractivity contribution in [2.75, 3.05) is 6.54 Å². The fraction of sp³-hybridized carbons (Fsp3) is 0.471. The molecular weight excluding hydrogens is 300 g/mol. The number of hydrogen-bond donors (Lipinski definition) is 1. The molecule has 0 spiro atoms. The first-order valence-electron chi connectivity index (χ1n) is 7.72. The Balaban J connectivity index is 1.79. The number of hydrogen-bond acceptors (Lipinski definition) is 4. The fourth-order valence-electron chi connectivity index (χ4n) is 2.97. The van der Waals surface area contributed by atoms with Gasteiger partial charge in [-0.2, -0.15) is 0 Å². The molecule has 1 aliphatic rings. The second kappa shape index (κ2) is 6.31. The van der Waals surface area contributed by atoms with E-state index in [1.54, 1.807) is 12.1 Å². The van der Waals surface area contributed by atoms with Gasteiger partial charge in [0.25, 0.3) is 0 Å². The summed E-state index contributed by atoms with van der Waals surface area (Å²) in [6.45, 7) is 5.86. The highest BCUT2D eigenvalue weighted by molar-refractivity contribution is 6.30. The number of nitrogens with zero attached hydrogens (tertiary/aromatic N) is 2. The molecule has 1 aliphatic heterocycles. The number of halogens is 1. The van der Waals surface area contributed by atoms with E-state index in [9.17, 15) is 5.11 Å². The molecule has 118 valence electrons. The largest absolute Gasteiger partial charge is 0.508 e. The Morgan fingerprint density at radius 1 is 1.41 bits per heavy atom. The van der Waals surface area contributed by atoms with Gasteiger partial charge in [0, 0.05) is 23.2 Å². The zero-order valence-corrected chi connectivity index (χ0v) is 13.7. The van der Waals surface area contributed by atoms with E-state index in [0.29, 0.717) is 17.5 Å². The van der Waals surface area contributed by atoms with Crippen molar-refractivity contribution < 1.29 is 9.63 Å². The maximum Gasteiger partial charge on any atom is 0.154 e. The number of rotatable bonds is 4. The molecule has 2 heterocycles. The molecule has 0 amide bonds. The van der Waals surface area contributed by atoms with Gasteiger partial charge in [-0.25, -0.2) is 0 Å². The van der Waals surface area contributed by atoms with Crippen molar-refractivity contribution in [1.29, 1.82) is 0 Å². The summed E-state index contributed by atoms with van der Waals surface area (Å²) in [5.41, 5.74) is 1.84. The van der Waals surface area contributed by atoms with E-state index in [0.717, 1.165) is 36.4 Å². The van der Waals surface area contributed by atoms with Crippen LogP contribution < -0.4 is 0 Å². The standard InChI is InChI=1S/C17H21ClN2O2/c1-11(2)14-9-17(22-19-14)15-4-3-7-20(15)10-12-8-13(18)5-6-16(12)21/h5-6,8-9,11,15,21H,3-4,7,10H2,1-2H3/t15-/m1/s1. The van der Waals surface area contributed by atoms with E-state index in [1.807, 2.05) is 6.07 Å². The minimum absolute atomic E-state index is 0.221. The minimum atomic E-state index is 0.221. The van der Waals surface area contributed by atoms with Crippen molar-refractivity contribution in [3.8, 4) is 5.75 Å². The van der Waals surface area contributed by atoms with Crippen LogP contribution in [0.4, 0.5) is 0 Å². The van der Waals surface area contributed by atoms with Crippen LogP contribution in [0.2, 0.25) is 5.02 Å². The van der Waals surface area contributed by atoms with Crippen LogP contribution >= 0.6 is 11.6 Å². The fourth-order valence-corrected chi connectivity index (χ4v) is 3.16. The number of phenols is 1. The lowest BCUT2D eigenvalue weighted by atomic mass is 10.1. The van der Waals surface area contributed by atoms with E-state index < -0.39 is 0 Å². The number of phenolic OH excluding ortho intramolecular Hbond substituents is 1. The average Bonchev–Trinajstić information content (AvgIpc) is 3.11. The molecule has 22 heavy (non-hydrogen) atoms. The third-order valence-electron chi connectivity index (χ3n) is 4.25. The number of likely N-dealkylation sites (tertiary alicyclic amines) is 1. The van der Waals surface area contributed by atoms with E-state index in [-0.39, 0.29) is 11.8 Å². The molecule has 2 aromatic rings. The van der Waals surface area contributed by atoms with Gasteiger partial charge in [0.1, 0.15) is 5.75 Å². The molecule has 4 nitrogen and oxygen atoms in total. The Hall–Kier alpha value is -1.52. The Labute approximate surface area is 135 Å². The normalized spacial score (nSPS) is 19.2. The highest BCUT2D eigenvalue weighted by atomic mass is 35.5. The van der Waals surface area contributed by atoms with Gasteiger partial charge in [-0.05, 0) is 43.5 Å². The lowest BCUT2D eigenvalue weighted by molar-refractivity contribution is 0.204. The van der Waals surface area contributed by atoms with Crippen molar-refractivity contribution in [1.82, 2.24) is 10.1 Å². The second-order valence-electron chi connectivity index (χ2n) is 6.21. The first-order valence-corrected chi connectivity index (χ1v) is 8.10. The van der Waals surface area contributed by atoms with Gasteiger partial charge in [0.05, 0.1) is 11.7 Å². The molecule has 1 fully saturated rings.